The minimum atomic E-state index is -0.921. The van der Waals surface area contributed by atoms with Gasteiger partial charge in [0.2, 0.25) is 0 Å². The molecule has 2 rings (SSSR count). The lowest BCUT2D eigenvalue weighted by Gasteiger charge is -2.24. The molecule has 0 amide bonds. The zero-order valence-electron chi connectivity index (χ0n) is 7.09. The predicted molar refractivity (Wildman–Crippen MR) is 50.4 cm³/mol. The maximum Gasteiger partial charge on any atom is 0.116 e. The zero-order chi connectivity index (χ0) is 9.15. The SMILES string of the molecule is OC1(c2cccnc2)C=CN=CC1. The van der Waals surface area contributed by atoms with E-state index in [-0.39, 0.29) is 0 Å². The molecule has 0 radical (unpaired) electrons. The molecule has 3 heteroatoms. The number of hydrogen-bond donors (Lipinski definition) is 1. The molecule has 1 unspecified atom stereocenters. The highest BCUT2D eigenvalue weighted by atomic mass is 16.3. The third kappa shape index (κ3) is 1.51. The Hall–Kier alpha value is -1.48. The van der Waals surface area contributed by atoms with Gasteiger partial charge >= 0.3 is 0 Å². The first kappa shape index (κ1) is 8.13. The first-order chi connectivity index (χ1) is 6.31. The topological polar surface area (TPSA) is 45.5 Å². The summed E-state index contributed by atoms with van der Waals surface area (Å²) in [6.45, 7) is 0. The van der Waals surface area contributed by atoms with Crippen molar-refractivity contribution < 1.29 is 5.11 Å². The van der Waals surface area contributed by atoms with Crippen molar-refractivity contribution in [1.29, 1.82) is 0 Å². The minimum absolute atomic E-state index is 0.509. The highest BCUT2D eigenvalue weighted by Gasteiger charge is 2.26. The second-order valence-corrected chi connectivity index (χ2v) is 3.02. The van der Waals surface area contributed by atoms with Crippen molar-refractivity contribution in [2.45, 2.75) is 12.0 Å². The molecule has 2 heterocycles. The van der Waals surface area contributed by atoms with Gasteiger partial charge in [0.05, 0.1) is 0 Å². The van der Waals surface area contributed by atoms with Gasteiger partial charge in [-0.2, -0.15) is 0 Å². The van der Waals surface area contributed by atoms with Crippen LogP contribution in [0.5, 0.6) is 0 Å². The Morgan fingerprint density at radius 3 is 3.00 bits per heavy atom. The van der Waals surface area contributed by atoms with E-state index < -0.39 is 5.60 Å². The number of aliphatic imine (C=N–C) groups is 1. The van der Waals surface area contributed by atoms with E-state index in [4.69, 9.17) is 0 Å². The molecule has 13 heavy (non-hydrogen) atoms. The highest BCUT2D eigenvalue weighted by molar-refractivity contribution is 5.63. The van der Waals surface area contributed by atoms with Crippen LogP contribution in [0, 0.1) is 0 Å². The van der Waals surface area contributed by atoms with Crippen molar-refractivity contribution in [3.63, 3.8) is 0 Å². The molecular formula is C10H10N2O. The lowest BCUT2D eigenvalue weighted by atomic mass is 9.91. The molecular weight excluding hydrogens is 164 g/mol. The molecule has 0 saturated carbocycles. The van der Waals surface area contributed by atoms with Crippen molar-refractivity contribution in [1.82, 2.24) is 4.98 Å². The summed E-state index contributed by atoms with van der Waals surface area (Å²) in [5.74, 6) is 0. The summed E-state index contributed by atoms with van der Waals surface area (Å²) in [7, 11) is 0. The molecule has 1 atom stereocenters. The molecule has 1 aliphatic heterocycles. The highest BCUT2D eigenvalue weighted by Crippen LogP contribution is 2.26. The Morgan fingerprint density at radius 2 is 2.38 bits per heavy atom. The first-order valence-electron chi connectivity index (χ1n) is 4.13. The van der Waals surface area contributed by atoms with E-state index in [0.717, 1.165) is 5.56 Å². The fourth-order valence-corrected chi connectivity index (χ4v) is 1.32. The molecule has 1 aliphatic rings. The zero-order valence-corrected chi connectivity index (χ0v) is 7.09. The smallest absolute Gasteiger partial charge is 0.116 e. The number of nitrogens with zero attached hydrogens (tertiary/aromatic N) is 2. The summed E-state index contributed by atoms with van der Waals surface area (Å²) >= 11 is 0. The number of aromatic nitrogens is 1. The van der Waals surface area contributed by atoms with Gasteiger partial charge in [0, 0.05) is 36.8 Å². The maximum absolute atomic E-state index is 10.1. The largest absolute Gasteiger partial charge is 0.381 e. The first-order valence-corrected chi connectivity index (χ1v) is 4.13. The van der Waals surface area contributed by atoms with Crippen molar-refractivity contribution in [3.05, 3.63) is 42.4 Å². The van der Waals surface area contributed by atoms with Crippen LogP contribution >= 0.6 is 0 Å². The number of aliphatic hydroxyl groups is 1. The summed E-state index contributed by atoms with van der Waals surface area (Å²) in [5.41, 5.74) is -0.117. The van der Waals surface area contributed by atoms with Crippen molar-refractivity contribution in [3.8, 4) is 0 Å². The van der Waals surface area contributed by atoms with Gasteiger partial charge < -0.3 is 5.11 Å². The molecule has 0 saturated heterocycles. The predicted octanol–water partition coefficient (Wildman–Crippen LogP) is 1.26. The van der Waals surface area contributed by atoms with Gasteiger partial charge in [-0.25, -0.2) is 0 Å². The maximum atomic E-state index is 10.1. The van der Waals surface area contributed by atoms with Crippen LogP contribution in [0.15, 0.2) is 41.8 Å². The Bertz CT molecular complexity index is 345. The number of rotatable bonds is 1. The van der Waals surface area contributed by atoms with Gasteiger partial charge in [-0.1, -0.05) is 6.07 Å². The molecule has 1 aromatic rings. The lowest BCUT2D eigenvalue weighted by molar-refractivity contribution is 0.0970. The molecule has 66 valence electrons. The quantitative estimate of drug-likeness (QED) is 0.696. The molecule has 0 aliphatic carbocycles. The third-order valence-electron chi connectivity index (χ3n) is 2.11. The molecule has 0 aromatic carbocycles. The fraction of sp³-hybridized carbons (Fsp3) is 0.200. The Balaban J connectivity index is 2.35. The number of pyridine rings is 1. The van der Waals surface area contributed by atoms with E-state index >= 15 is 0 Å². The standard InChI is InChI=1S/C10H10N2O/c13-10(3-6-11-7-4-10)9-2-1-5-12-8-9/h1-3,5-8,13H,4H2. The fourth-order valence-electron chi connectivity index (χ4n) is 1.32. The average molecular weight is 174 g/mol. The molecule has 0 bridgehead atoms. The second-order valence-electron chi connectivity index (χ2n) is 3.02. The van der Waals surface area contributed by atoms with Crippen molar-refractivity contribution in [2.24, 2.45) is 4.99 Å². The van der Waals surface area contributed by atoms with Gasteiger partial charge in [-0.05, 0) is 12.1 Å². The van der Waals surface area contributed by atoms with Crippen LogP contribution < -0.4 is 0 Å². The van der Waals surface area contributed by atoms with E-state index in [1.807, 2.05) is 12.1 Å². The Morgan fingerprint density at radius 1 is 1.46 bits per heavy atom. The van der Waals surface area contributed by atoms with Crippen LogP contribution in [-0.2, 0) is 5.60 Å². The van der Waals surface area contributed by atoms with Crippen LogP contribution in [0.2, 0.25) is 0 Å². The third-order valence-corrected chi connectivity index (χ3v) is 2.11. The van der Waals surface area contributed by atoms with Gasteiger partial charge in [0.25, 0.3) is 0 Å². The Kier molecular flexibility index (Phi) is 1.94. The van der Waals surface area contributed by atoms with Crippen molar-refractivity contribution >= 4 is 6.21 Å². The summed E-state index contributed by atoms with van der Waals surface area (Å²) in [6, 6.07) is 3.67. The lowest BCUT2D eigenvalue weighted by Crippen LogP contribution is -2.24. The van der Waals surface area contributed by atoms with E-state index in [1.54, 1.807) is 30.9 Å². The molecule has 0 spiro atoms. The van der Waals surface area contributed by atoms with E-state index in [9.17, 15) is 5.11 Å². The summed E-state index contributed by atoms with van der Waals surface area (Å²) in [6.07, 6.45) is 8.86. The van der Waals surface area contributed by atoms with Crippen LogP contribution in [0.4, 0.5) is 0 Å². The minimum Gasteiger partial charge on any atom is -0.381 e. The Labute approximate surface area is 76.5 Å². The molecule has 1 aromatic heterocycles. The van der Waals surface area contributed by atoms with Crippen LogP contribution in [0.25, 0.3) is 0 Å². The monoisotopic (exact) mass is 174 g/mol. The summed E-state index contributed by atoms with van der Waals surface area (Å²) < 4.78 is 0. The molecule has 1 N–H and O–H groups in total. The molecule has 3 nitrogen and oxygen atoms in total. The molecule has 0 fully saturated rings. The number of hydrogen-bond acceptors (Lipinski definition) is 3. The van der Waals surface area contributed by atoms with E-state index in [2.05, 4.69) is 9.98 Å². The van der Waals surface area contributed by atoms with Crippen LogP contribution in [-0.4, -0.2) is 16.3 Å². The van der Waals surface area contributed by atoms with E-state index in [1.165, 1.54) is 0 Å². The van der Waals surface area contributed by atoms with Gasteiger partial charge in [0.15, 0.2) is 0 Å². The second kappa shape index (κ2) is 3.11. The van der Waals surface area contributed by atoms with Gasteiger partial charge in [0.1, 0.15) is 5.60 Å². The van der Waals surface area contributed by atoms with Gasteiger partial charge in [-0.15, -0.1) is 0 Å². The normalized spacial score (nSPS) is 26.2. The summed E-state index contributed by atoms with van der Waals surface area (Å²) in [4.78, 5) is 7.88. The van der Waals surface area contributed by atoms with Crippen LogP contribution in [0.3, 0.4) is 0 Å². The van der Waals surface area contributed by atoms with Gasteiger partial charge in [-0.3, -0.25) is 9.98 Å². The summed E-state index contributed by atoms with van der Waals surface area (Å²) in [5, 5.41) is 10.1. The van der Waals surface area contributed by atoms with Crippen molar-refractivity contribution in [2.75, 3.05) is 0 Å². The average Bonchev–Trinajstić information content (AvgIpc) is 2.20. The van der Waals surface area contributed by atoms with E-state index in [0.29, 0.717) is 6.42 Å². The van der Waals surface area contributed by atoms with Crippen LogP contribution in [0.1, 0.15) is 12.0 Å².